The highest BCUT2D eigenvalue weighted by Crippen LogP contribution is 2.71. The van der Waals surface area contributed by atoms with E-state index in [0.29, 0.717) is 25.4 Å². The van der Waals surface area contributed by atoms with Gasteiger partial charge in [0.05, 0.1) is 64.1 Å². The molecule has 11 rings (SSSR count). The molecule has 1 spiro atoms. The maximum Gasteiger partial charge on any atom is 0.187 e. The molecule has 29 nitrogen and oxygen atoms in total. The lowest BCUT2D eigenvalue weighted by molar-refractivity contribution is -0.410. The van der Waals surface area contributed by atoms with Crippen molar-refractivity contribution in [2.45, 2.75) is 257 Å². The largest absolute Gasteiger partial charge is 0.394 e. The first-order valence-electron chi connectivity index (χ1n) is 30.5. The van der Waals surface area contributed by atoms with Crippen LogP contribution in [0, 0.1) is 52.3 Å². The van der Waals surface area contributed by atoms with Crippen molar-refractivity contribution >= 4 is 0 Å². The second-order valence-electron chi connectivity index (χ2n) is 26.9. The zero-order chi connectivity index (χ0) is 61.1. The summed E-state index contributed by atoms with van der Waals surface area (Å²) in [5.41, 5.74) is -0.531. The zero-order valence-electron chi connectivity index (χ0n) is 48.1. The summed E-state index contributed by atoms with van der Waals surface area (Å²) in [6, 6.07) is 0. The molecule has 0 aromatic rings. The highest BCUT2D eigenvalue weighted by atomic mass is 16.8. The predicted octanol–water partition coefficient (Wildman–Crippen LogP) is -6.50. The molecule has 85 heavy (non-hydrogen) atoms. The molecule has 0 radical (unpaired) electrons. The van der Waals surface area contributed by atoms with Gasteiger partial charge in [-0.3, -0.25) is 0 Å². The lowest BCUT2D eigenvalue weighted by atomic mass is 9.44. The van der Waals surface area contributed by atoms with E-state index in [1.807, 2.05) is 0 Å². The second-order valence-corrected chi connectivity index (χ2v) is 26.9. The molecule has 17 N–H and O–H groups in total. The van der Waals surface area contributed by atoms with Crippen LogP contribution in [0.5, 0.6) is 0 Å². The molecule has 7 aliphatic heterocycles. The topological polar surface area (TPSA) is 455 Å². The van der Waals surface area contributed by atoms with Crippen LogP contribution in [-0.4, -0.2) is 304 Å². The van der Waals surface area contributed by atoms with E-state index < -0.39 is 205 Å². The Balaban J connectivity index is 0.797. The Kier molecular flexibility index (Phi) is 19.5. The molecule has 0 aromatic heterocycles. The molecule has 0 aromatic carbocycles. The molecule has 490 valence electrons. The van der Waals surface area contributed by atoms with Gasteiger partial charge in [-0.25, -0.2) is 0 Å². The van der Waals surface area contributed by atoms with Crippen LogP contribution >= 0.6 is 0 Å². The van der Waals surface area contributed by atoms with Crippen LogP contribution in [0.3, 0.4) is 0 Å². The fraction of sp³-hybridized carbons (Fsp3) is 1.00. The summed E-state index contributed by atoms with van der Waals surface area (Å²) in [5, 5.41) is 188. The first kappa shape index (κ1) is 65.3. The fourth-order valence-corrected chi connectivity index (χ4v) is 17.4. The van der Waals surface area contributed by atoms with E-state index in [0.717, 1.165) is 38.5 Å². The van der Waals surface area contributed by atoms with Crippen molar-refractivity contribution in [1.29, 1.82) is 0 Å². The van der Waals surface area contributed by atoms with Crippen LogP contribution in [0.2, 0.25) is 0 Å². The number of aliphatic hydroxyl groups excluding tert-OH is 17. The summed E-state index contributed by atoms with van der Waals surface area (Å²) in [6.45, 7) is 5.21. The van der Waals surface area contributed by atoms with Gasteiger partial charge >= 0.3 is 0 Å². The number of ether oxygens (including phenoxy) is 12. The molecular formula is C56H92O29. The number of aliphatic hydroxyl groups is 17. The summed E-state index contributed by atoms with van der Waals surface area (Å²) >= 11 is 0. The van der Waals surface area contributed by atoms with Crippen molar-refractivity contribution in [3.8, 4) is 0 Å². The summed E-state index contributed by atoms with van der Waals surface area (Å²) in [5.74, 6) is 0.388. The molecule has 38 atom stereocenters. The second kappa shape index (κ2) is 25.4. The maximum atomic E-state index is 12.3. The Morgan fingerprint density at radius 1 is 0.447 bits per heavy atom. The molecular weight excluding hydrogens is 1140 g/mol. The Bertz CT molecular complexity index is 2220. The standard InChI is InChI=1S/C56H92O29/c1-19-7-10-56(75-17-19)20(2)31-45(85-56)37(67)32-22-6-5-21-11-26(24(61)12-55(21,4)23(22)8-9-54(31,32)3)76-50-42(72)39(69)44(30(16-60)80-50)81-53-48(47(36(66)29(15-59)79-53)83-49-40(70)33(63)25(62)18-74-49)84-52-43(73)46(35(65)28(14-58)78-52)82-51-41(71)38(68)34(64)27(13-57)77-51/h19-53,57-73H,5-18H2,1-4H3/t19-,20+,21+,22-,23+,24-,25-,26-,27-,28-,29-,30-,31+,32-,33+,34-,35-,36?,37+,38+,39-,40-,41-,42-,43-,44+,45-,46-,47+,48-,49+,50-,51+,52+,53+,54-,55+,56-/m1/s1. The number of fused-ring (bicyclic) bond motifs is 7. The quantitative estimate of drug-likeness (QED) is 0.0719. The SMILES string of the molecule is C[C@@H]1CC[C@@]2(OC1)O[C@H]1[C@@H](O)[C@H]3[C@@H]4CC[C@H]5C[C@@H](O[C@@H]6O[C@H](CO)[C@H](O[C@@H]7O[C@H](CO)C(O)[C@H](O[C@@H]8OC[C@@H](O)[C@H](O)[C@H]8O)[C@H]7O[C@@H]7O[C@H](CO)[C@@H](O)[C@@H](O[C@@H]8O[C@H](CO)[C@@H](O)[C@H](O)[C@H]8O)[C@H]7O)[C@H](O)[C@H]6O)[C@H](O)C[C@]5(C)[C@H]4CC[C@]3(C)[C@H]1[C@@H]2C. The van der Waals surface area contributed by atoms with Gasteiger partial charge in [0.25, 0.3) is 0 Å². The van der Waals surface area contributed by atoms with Crippen molar-refractivity contribution in [3.05, 3.63) is 0 Å². The van der Waals surface area contributed by atoms with Crippen molar-refractivity contribution in [2.75, 3.05) is 39.6 Å². The van der Waals surface area contributed by atoms with E-state index in [9.17, 15) is 86.8 Å². The number of rotatable bonds is 14. The van der Waals surface area contributed by atoms with E-state index >= 15 is 0 Å². The van der Waals surface area contributed by atoms with Gasteiger partial charge in [-0.2, -0.15) is 0 Å². The maximum absolute atomic E-state index is 12.3. The predicted molar refractivity (Wildman–Crippen MR) is 278 cm³/mol. The Morgan fingerprint density at radius 3 is 1.67 bits per heavy atom. The highest BCUT2D eigenvalue weighted by molar-refractivity contribution is 5.19. The Morgan fingerprint density at radius 2 is 1.01 bits per heavy atom. The number of hydrogen-bond donors (Lipinski definition) is 17. The monoisotopic (exact) mass is 1230 g/mol. The number of hydrogen-bond acceptors (Lipinski definition) is 29. The molecule has 29 heteroatoms. The third kappa shape index (κ3) is 11.3. The molecule has 7 saturated heterocycles. The minimum absolute atomic E-state index is 0.00749. The van der Waals surface area contributed by atoms with Crippen LogP contribution in [-0.2, 0) is 56.8 Å². The van der Waals surface area contributed by atoms with Gasteiger partial charge in [0.1, 0.15) is 116 Å². The van der Waals surface area contributed by atoms with Gasteiger partial charge in [-0.05, 0) is 85.4 Å². The summed E-state index contributed by atoms with van der Waals surface area (Å²) in [4.78, 5) is 0. The summed E-state index contributed by atoms with van der Waals surface area (Å²) < 4.78 is 72.8. The summed E-state index contributed by atoms with van der Waals surface area (Å²) in [6.07, 6.45) is -42.5. The first-order chi connectivity index (χ1) is 40.3. The minimum atomic E-state index is -2.21. The van der Waals surface area contributed by atoms with Crippen molar-refractivity contribution in [3.63, 3.8) is 0 Å². The molecule has 4 aliphatic carbocycles. The van der Waals surface area contributed by atoms with E-state index in [1.165, 1.54) is 0 Å². The van der Waals surface area contributed by atoms with Crippen molar-refractivity contribution in [2.24, 2.45) is 52.3 Å². The normalized spacial score (nSPS) is 58.1. The van der Waals surface area contributed by atoms with Crippen LogP contribution in [0.15, 0.2) is 0 Å². The first-order valence-corrected chi connectivity index (χ1v) is 30.5. The van der Waals surface area contributed by atoms with E-state index in [1.54, 1.807) is 0 Å². The van der Waals surface area contributed by atoms with Gasteiger partial charge in [-0.15, -0.1) is 0 Å². The summed E-state index contributed by atoms with van der Waals surface area (Å²) in [7, 11) is 0. The minimum Gasteiger partial charge on any atom is -0.394 e. The molecule has 1 unspecified atom stereocenters. The van der Waals surface area contributed by atoms with Crippen LogP contribution in [0.4, 0.5) is 0 Å². The van der Waals surface area contributed by atoms with Gasteiger partial charge in [0.2, 0.25) is 0 Å². The molecule has 11 aliphatic rings. The molecule has 7 heterocycles. The zero-order valence-corrected chi connectivity index (χ0v) is 48.1. The van der Waals surface area contributed by atoms with Crippen molar-refractivity contribution in [1.82, 2.24) is 0 Å². The lowest BCUT2D eigenvalue weighted by Gasteiger charge is -2.62. The Hall–Kier alpha value is -1.16. The molecule has 4 saturated carbocycles. The van der Waals surface area contributed by atoms with Crippen LogP contribution < -0.4 is 0 Å². The van der Waals surface area contributed by atoms with Gasteiger partial charge in [0, 0.05) is 18.3 Å². The fourth-order valence-electron chi connectivity index (χ4n) is 17.4. The third-order valence-corrected chi connectivity index (χ3v) is 22.2. The Labute approximate surface area is 491 Å². The average Bonchev–Trinajstić information content (AvgIpc) is 1.59. The lowest BCUT2D eigenvalue weighted by Crippen LogP contribution is -2.69. The van der Waals surface area contributed by atoms with E-state index in [2.05, 4.69) is 27.7 Å². The molecule has 11 fully saturated rings. The van der Waals surface area contributed by atoms with Gasteiger partial charge < -0.3 is 144 Å². The average molecular weight is 1230 g/mol. The van der Waals surface area contributed by atoms with Crippen LogP contribution in [0.25, 0.3) is 0 Å². The van der Waals surface area contributed by atoms with E-state index in [-0.39, 0.29) is 52.4 Å². The highest BCUT2D eigenvalue weighted by Gasteiger charge is 2.73. The van der Waals surface area contributed by atoms with Crippen LogP contribution in [0.1, 0.15) is 79.1 Å². The van der Waals surface area contributed by atoms with E-state index in [4.69, 9.17) is 56.8 Å². The van der Waals surface area contributed by atoms with Crippen molar-refractivity contribution < 1.29 is 144 Å². The smallest absolute Gasteiger partial charge is 0.187 e. The van der Waals surface area contributed by atoms with Gasteiger partial charge in [0.15, 0.2) is 37.2 Å². The molecule has 0 bridgehead atoms. The molecule has 0 amide bonds. The third-order valence-electron chi connectivity index (χ3n) is 22.2. The van der Waals surface area contributed by atoms with Gasteiger partial charge in [-0.1, -0.05) is 27.7 Å².